The summed E-state index contributed by atoms with van der Waals surface area (Å²) in [5, 5.41) is 14.8. The molecule has 8 heteroatoms. The number of nitrogens with one attached hydrogen (secondary N) is 2. The Hall–Kier alpha value is -2.45. The SMILES string of the molecule is CN=C(NCCCOCC1CCOCC1)NCc1nncn1-c1ccccc1. The largest absolute Gasteiger partial charge is 0.381 e. The number of nitrogens with zero attached hydrogens (tertiary/aromatic N) is 4. The third kappa shape index (κ3) is 6.31. The third-order valence-corrected chi connectivity index (χ3v) is 4.74. The van der Waals surface area contributed by atoms with E-state index in [9.17, 15) is 0 Å². The zero-order valence-electron chi connectivity index (χ0n) is 16.5. The van der Waals surface area contributed by atoms with Crippen LogP contribution < -0.4 is 10.6 Å². The van der Waals surface area contributed by atoms with Gasteiger partial charge < -0.3 is 20.1 Å². The van der Waals surface area contributed by atoms with Crippen molar-refractivity contribution in [1.82, 2.24) is 25.4 Å². The number of hydrogen-bond acceptors (Lipinski definition) is 5. The number of hydrogen-bond donors (Lipinski definition) is 2. The highest BCUT2D eigenvalue weighted by atomic mass is 16.5. The Morgan fingerprint density at radius 2 is 2.07 bits per heavy atom. The number of rotatable bonds is 9. The molecule has 152 valence electrons. The molecule has 3 rings (SSSR count). The fourth-order valence-corrected chi connectivity index (χ4v) is 3.11. The molecule has 1 aromatic carbocycles. The van der Waals surface area contributed by atoms with E-state index in [0.717, 1.165) is 69.7 Å². The van der Waals surface area contributed by atoms with Crippen LogP contribution in [0.25, 0.3) is 5.69 Å². The molecule has 0 atom stereocenters. The predicted molar refractivity (Wildman–Crippen MR) is 109 cm³/mol. The minimum atomic E-state index is 0.537. The fourth-order valence-electron chi connectivity index (χ4n) is 3.11. The van der Waals surface area contributed by atoms with E-state index >= 15 is 0 Å². The maximum atomic E-state index is 5.79. The highest BCUT2D eigenvalue weighted by molar-refractivity contribution is 5.79. The van der Waals surface area contributed by atoms with Gasteiger partial charge in [0.1, 0.15) is 6.33 Å². The van der Waals surface area contributed by atoms with Gasteiger partial charge in [-0.2, -0.15) is 0 Å². The Morgan fingerprint density at radius 1 is 1.25 bits per heavy atom. The van der Waals surface area contributed by atoms with Gasteiger partial charge in [0.2, 0.25) is 0 Å². The van der Waals surface area contributed by atoms with Gasteiger partial charge in [-0.3, -0.25) is 9.56 Å². The van der Waals surface area contributed by atoms with Crippen LogP contribution in [-0.4, -0.2) is 60.7 Å². The van der Waals surface area contributed by atoms with Gasteiger partial charge in [-0.15, -0.1) is 10.2 Å². The highest BCUT2D eigenvalue weighted by Crippen LogP contribution is 2.14. The topological polar surface area (TPSA) is 85.6 Å². The Labute approximate surface area is 166 Å². The van der Waals surface area contributed by atoms with Crippen molar-refractivity contribution in [1.29, 1.82) is 0 Å². The van der Waals surface area contributed by atoms with Crippen LogP contribution in [0.15, 0.2) is 41.7 Å². The monoisotopic (exact) mass is 386 g/mol. The van der Waals surface area contributed by atoms with Gasteiger partial charge >= 0.3 is 0 Å². The number of aromatic nitrogens is 3. The molecule has 0 spiro atoms. The fraction of sp³-hybridized carbons (Fsp3) is 0.550. The Kier molecular flexibility index (Phi) is 8.26. The van der Waals surface area contributed by atoms with Gasteiger partial charge in [0.25, 0.3) is 0 Å². The maximum absolute atomic E-state index is 5.79. The summed E-state index contributed by atoms with van der Waals surface area (Å²) in [6, 6.07) is 10.0. The van der Waals surface area contributed by atoms with Gasteiger partial charge in [0.05, 0.1) is 6.54 Å². The Balaban J connectivity index is 1.34. The number of ether oxygens (including phenoxy) is 2. The van der Waals surface area contributed by atoms with Crippen LogP contribution in [0.5, 0.6) is 0 Å². The first-order valence-electron chi connectivity index (χ1n) is 9.91. The van der Waals surface area contributed by atoms with E-state index in [1.807, 2.05) is 34.9 Å². The van der Waals surface area contributed by atoms with Gasteiger partial charge in [0.15, 0.2) is 11.8 Å². The molecule has 0 amide bonds. The first-order chi connectivity index (χ1) is 13.9. The molecule has 2 heterocycles. The quantitative estimate of drug-likeness (QED) is 0.388. The predicted octanol–water partition coefficient (Wildman–Crippen LogP) is 1.77. The van der Waals surface area contributed by atoms with E-state index in [2.05, 4.69) is 25.8 Å². The number of para-hydroxylation sites is 1. The van der Waals surface area contributed by atoms with E-state index in [4.69, 9.17) is 9.47 Å². The van der Waals surface area contributed by atoms with E-state index in [1.165, 1.54) is 0 Å². The molecule has 2 aromatic rings. The van der Waals surface area contributed by atoms with Crippen molar-refractivity contribution in [3.05, 3.63) is 42.5 Å². The molecule has 0 saturated carbocycles. The minimum Gasteiger partial charge on any atom is -0.381 e. The van der Waals surface area contributed by atoms with Crippen molar-refractivity contribution in [3.8, 4) is 5.69 Å². The lowest BCUT2D eigenvalue weighted by Gasteiger charge is -2.21. The molecule has 1 fully saturated rings. The number of guanidine groups is 1. The summed E-state index contributed by atoms with van der Waals surface area (Å²) in [4.78, 5) is 4.26. The summed E-state index contributed by atoms with van der Waals surface area (Å²) >= 11 is 0. The molecule has 1 aliphatic heterocycles. The molecule has 0 radical (unpaired) electrons. The van der Waals surface area contributed by atoms with Crippen LogP contribution in [0.3, 0.4) is 0 Å². The lowest BCUT2D eigenvalue weighted by Crippen LogP contribution is -2.38. The van der Waals surface area contributed by atoms with E-state index in [0.29, 0.717) is 12.5 Å². The molecule has 0 unspecified atom stereocenters. The summed E-state index contributed by atoms with van der Waals surface area (Å²) in [5.41, 5.74) is 1.04. The molecule has 8 nitrogen and oxygen atoms in total. The molecule has 1 aromatic heterocycles. The normalized spacial score (nSPS) is 15.5. The Morgan fingerprint density at radius 3 is 2.86 bits per heavy atom. The lowest BCUT2D eigenvalue weighted by molar-refractivity contribution is 0.0203. The summed E-state index contributed by atoms with van der Waals surface area (Å²) < 4.78 is 13.1. The van der Waals surface area contributed by atoms with Crippen molar-refractivity contribution in [2.75, 3.05) is 40.0 Å². The van der Waals surface area contributed by atoms with Gasteiger partial charge in [0, 0.05) is 45.7 Å². The van der Waals surface area contributed by atoms with Crippen LogP contribution in [0, 0.1) is 5.92 Å². The molecule has 28 heavy (non-hydrogen) atoms. The van der Waals surface area contributed by atoms with Crippen LogP contribution in [0.2, 0.25) is 0 Å². The first-order valence-corrected chi connectivity index (χ1v) is 9.91. The smallest absolute Gasteiger partial charge is 0.191 e. The summed E-state index contributed by atoms with van der Waals surface area (Å²) in [6.45, 7) is 4.67. The highest BCUT2D eigenvalue weighted by Gasteiger charge is 2.13. The molecule has 0 bridgehead atoms. The lowest BCUT2D eigenvalue weighted by atomic mass is 10.0. The summed E-state index contributed by atoms with van der Waals surface area (Å²) in [7, 11) is 1.76. The second-order valence-electron chi connectivity index (χ2n) is 6.79. The molecule has 2 N–H and O–H groups in total. The number of aliphatic imine (C=N–C) groups is 1. The Bertz CT molecular complexity index is 712. The number of benzene rings is 1. The minimum absolute atomic E-state index is 0.537. The first kappa shape index (κ1) is 20.3. The summed E-state index contributed by atoms with van der Waals surface area (Å²) in [6.07, 6.45) is 4.88. The van der Waals surface area contributed by atoms with Crippen LogP contribution >= 0.6 is 0 Å². The second-order valence-corrected chi connectivity index (χ2v) is 6.79. The van der Waals surface area contributed by atoms with Gasteiger partial charge in [-0.25, -0.2) is 0 Å². The average molecular weight is 386 g/mol. The second kappa shape index (κ2) is 11.4. The molecule has 1 saturated heterocycles. The van der Waals surface area contributed by atoms with Crippen LogP contribution in [-0.2, 0) is 16.0 Å². The van der Waals surface area contributed by atoms with Crippen molar-refractivity contribution in [2.45, 2.75) is 25.8 Å². The molecular formula is C20H30N6O2. The van der Waals surface area contributed by atoms with Crippen molar-refractivity contribution < 1.29 is 9.47 Å². The van der Waals surface area contributed by atoms with E-state index in [1.54, 1.807) is 13.4 Å². The van der Waals surface area contributed by atoms with Crippen molar-refractivity contribution >= 4 is 5.96 Å². The standard InChI is InChI=1S/C20H30N6O2/c1-21-20(22-10-5-11-28-15-17-8-12-27-13-9-17)23-14-19-25-24-16-26(19)18-6-3-2-4-7-18/h2-4,6-7,16-17H,5,8-15H2,1H3,(H2,21,22,23). The molecule has 1 aliphatic rings. The van der Waals surface area contributed by atoms with Crippen LogP contribution in [0.4, 0.5) is 0 Å². The average Bonchev–Trinajstić information content (AvgIpc) is 3.23. The van der Waals surface area contributed by atoms with Crippen LogP contribution in [0.1, 0.15) is 25.1 Å². The van der Waals surface area contributed by atoms with Gasteiger partial charge in [-0.05, 0) is 37.3 Å². The van der Waals surface area contributed by atoms with Crippen molar-refractivity contribution in [3.63, 3.8) is 0 Å². The molecule has 0 aliphatic carbocycles. The third-order valence-electron chi connectivity index (χ3n) is 4.74. The maximum Gasteiger partial charge on any atom is 0.191 e. The molecular weight excluding hydrogens is 356 g/mol. The van der Waals surface area contributed by atoms with Crippen molar-refractivity contribution in [2.24, 2.45) is 10.9 Å². The zero-order chi connectivity index (χ0) is 19.4. The van der Waals surface area contributed by atoms with E-state index in [-0.39, 0.29) is 0 Å². The van der Waals surface area contributed by atoms with E-state index < -0.39 is 0 Å². The summed E-state index contributed by atoms with van der Waals surface area (Å²) in [5.74, 6) is 2.22. The van der Waals surface area contributed by atoms with Gasteiger partial charge in [-0.1, -0.05) is 18.2 Å². The zero-order valence-corrected chi connectivity index (χ0v) is 16.5.